The van der Waals surface area contributed by atoms with Gasteiger partial charge in [-0.15, -0.1) is 0 Å². The standard InChI is InChI=1S/C18H16F4N2O2/c1-11-8-12(2-7-15(11)19)9-23-16(25)10-24-17(26)13-3-5-14(6-4-13)18(20,21)22/h2-8H,9-10H2,1H3,(H,23,25)(H,24,26). The van der Waals surface area contributed by atoms with Crippen LogP contribution in [0.2, 0.25) is 0 Å². The van der Waals surface area contributed by atoms with E-state index in [-0.39, 0.29) is 24.5 Å². The fourth-order valence-electron chi connectivity index (χ4n) is 2.15. The predicted octanol–water partition coefficient (Wildman–Crippen LogP) is 3.20. The Morgan fingerprint density at radius 1 is 1.00 bits per heavy atom. The van der Waals surface area contributed by atoms with Gasteiger partial charge >= 0.3 is 6.18 Å². The largest absolute Gasteiger partial charge is 0.416 e. The van der Waals surface area contributed by atoms with Crippen molar-refractivity contribution >= 4 is 11.8 Å². The Bertz CT molecular complexity index is 802. The number of amides is 2. The molecule has 0 heterocycles. The highest BCUT2D eigenvalue weighted by Gasteiger charge is 2.30. The first kappa shape index (κ1) is 19.4. The SMILES string of the molecule is Cc1cc(CNC(=O)CNC(=O)c2ccc(C(F)(F)F)cc2)ccc1F. The summed E-state index contributed by atoms with van der Waals surface area (Å²) in [5.74, 6) is -1.48. The molecule has 2 amide bonds. The van der Waals surface area contributed by atoms with Crippen molar-refractivity contribution in [1.29, 1.82) is 0 Å². The zero-order valence-electron chi connectivity index (χ0n) is 13.8. The van der Waals surface area contributed by atoms with Gasteiger partial charge in [-0.3, -0.25) is 9.59 Å². The zero-order chi connectivity index (χ0) is 19.3. The number of halogens is 4. The summed E-state index contributed by atoms with van der Waals surface area (Å²) in [6, 6.07) is 8.09. The summed E-state index contributed by atoms with van der Waals surface area (Å²) in [5, 5.41) is 4.88. The highest BCUT2D eigenvalue weighted by atomic mass is 19.4. The third kappa shape index (κ3) is 5.30. The molecule has 0 saturated carbocycles. The van der Waals surface area contributed by atoms with Crippen molar-refractivity contribution in [3.63, 3.8) is 0 Å². The molecule has 0 spiro atoms. The fraction of sp³-hybridized carbons (Fsp3) is 0.222. The van der Waals surface area contributed by atoms with Crippen LogP contribution in [0.25, 0.3) is 0 Å². The summed E-state index contributed by atoms with van der Waals surface area (Å²) >= 11 is 0. The zero-order valence-corrected chi connectivity index (χ0v) is 13.8. The number of rotatable bonds is 5. The van der Waals surface area contributed by atoms with Crippen molar-refractivity contribution in [2.45, 2.75) is 19.6 Å². The summed E-state index contributed by atoms with van der Waals surface area (Å²) < 4.78 is 50.6. The van der Waals surface area contributed by atoms with Crippen LogP contribution in [0.5, 0.6) is 0 Å². The van der Waals surface area contributed by atoms with Gasteiger partial charge in [0.15, 0.2) is 0 Å². The molecule has 2 rings (SSSR count). The van der Waals surface area contributed by atoms with Gasteiger partial charge in [0.1, 0.15) is 5.82 Å². The highest BCUT2D eigenvalue weighted by molar-refractivity contribution is 5.96. The van der Waals surface area contributed by atoms with Crippen LogP contribution >= 0.6 is 0 Å². The molecule has 0 aliphatic carbocycles. The summed E-state index contributed by atoms with van der Waals surface area (Å²) in [6.45, 7) is 1.43. The van der Waals surface area contributed by atoms with Gasteiger partial charge in [0.2, 0.25) is 5.91 Å². The van der Waals surface area contributed by atoms with E-state index in [1.165, 1.54) is 12.1 Å². The first-order valence-corrected chi connectivity index (χ1v) is 7.64. The van der Waals surface area contributed by atoms with Gasteiger partial charge in [0.05, 0.1) is 12.1 Å². The van der Waals surface area contributed by atoms with Crippen LogP contribution in [0.15, 0.2) is 42.5 Å². The second kappa shape index (κ2) is 7.99. The van der Waals surface area contributed by atoms with Crippen molar-refractivity contribution in [1.82, 2.24) is 10.6 Å². The molecule has 2 N–H and O–H groups in total. The molecular weight excluding hydrogens is 352 g/mol. The quantitative estimate of drug-likeness (QED) is 0.797. The average Bonchev–Trinajstić information content (AvgIpc) is 2.60. The molecule has 2 aromatic carbocycles. The van der Waals surface area contributed by atoms with E-state index in [4.69, 9.17) is 0 Å². The van der Waals surface area contributed by atoms with E-state index in [9.17, 15) is 27.2 Å². The third-order valence-electron chi connectivity index (χ3n) is 3.60. The Labute approximate surface area is 147 Å². The number of carbonyl (C=O) groups excluding carboxylic acids is 2. The van der Waals surface area contributed by atoms with E-state index < -0.39 is 23.6 Å². The number of carbonyl (C=O) groups is 2. The van der Waals surface area contributed by atoms with Gasteiger partial charge in [0.25, 0.3) is 5.91 Å². The van der Waals surface area contributed by atoms with Crippen LogP contribution in [-0.2, 0) is 17.5 Å². The topological polar surface area (TPSA) is 58.2 Å². The van der Waals surface area contributed by atoms with Gasteiger partial charge in [-0.25, -0.2) is 4.39 Å². The summed E-state index contributed by atoms with van der Waals surface area (Å²) in [4.78, 5) is 23.6. The Balaban J connectivity index is 1.82. The second-order valence-electron chi connectivity index (χ2n) is 5.62. The molecule has 138 valence electrons. The lowest BCUT2D eigenvalue weighted by Crippen LogP contribution is -2.36. The van der Waals surface area contributed by atoms with E-state index in [0.29, 0.717) is 11.1 Å². The molecule has 0 bridgehead atoms. The van der Waals surface area contributed by atoms with Crippen LogP contribution in [-0.4, -0.2) is 18.4 Å². The van der Waals surface area contributed by atoms with E-state index >= 15 is 0 Å². The summed E-state index contributed by atoms with van der Waals surface area (Å²) in [6.07, 6.45) is -4.48. The molecule has 0 saturated heterocycles. The van der Waals surface area contributed by atoms with Crippen LogP contribution in [0, 0.1) is 12.7 Å². The second-order valence-corrected chi connectivity index (χ2v) is 5.62. The first-order valence-electron chi connectivity index (χ1n) is 7.64. The predicted molar refractivity (Wildman–Crippen MR) is 86.8 cm³/mol. The van der Waals surface area contributed by atoms with Crippen LogP contribution in [0.3, 0.4) is 0 Å². The summed E-state index contributed by atoms with van der Waals surface area (Å²) in [7, 11) is 0. The smallest absolute Gasteiger partial charge is 0.350 e. The molecule has 0 fully saturated rings. The van der Waals surface area contributed by atoms with Crippen molar-refractivity contribution in [3.05, 3.63) is 70.5 Å². The number of nitrogens with one attached hydrogen (secondary N) is 2. The Morgan fingerprint density at radius 3 is 2.23 bits per heavy atom. The summed E-state index contributed by atoms with van der Waals surface area (Å²) in [5.41, 5.74) is 0.306. The molecule has 26 heavy (non-hydrogen) atoms. The molecule has 2 aromatic rings. The van der Waals surface area contributed by atoms with Crippen molar-refractivity contribution in [2.24, 2.45) is 0 Å². The van der Waals surface area contributed by atoms with Gasteiger partial charge in [-0.1, -0.05) is 12.1 Å². The average molecular weight is 368 g/mol. The highest BCUT2D eigenvalue weighted by Crippen LogP contribution is 2.29. The van der Waals surface area contributed by atoms with Crippen LogP contribution in [0.1, 0.15) is 27.0 Å². The minimum atomic E-state index is -4.48. The van der Waals surface area contributed by atoms with E-state index in [1.54, 1.807) is 13.0 Å². The van der Waals surface area contributed by atoms with E-state index in [2.05, 4.69) is 10.6 Å². The van der Waals surface area contributed by atoms with Crippen molar-refractivity contribution in [2.75, 3.05) is 6.54 Å². The molecular formula is C18H16F4N2O2. The normalized spacial score (nSPS) is 11.1. The maximum absolute atomic E-state index is 13.2. The minimum Gasteiger partial charge on any atom is -0.350 e. The minimum absolute atomic E-state index is 0.0139. The maximum atomic E-state index is 13.2. The number of alkyl halides is 3. The van der Waals surface area contributed by atoms with Crippen molar-refractivity contribution in [3.8, 4) is 0 Å². The molecule has 0 aromatic heterocycles. The van der Waals surface area contributed by atoms with Crippen LogP contribution < -0.4 is 10.6 Å². The molecule has 4 nitrogen and oxygen atoms in total. The molecule has 0 aliphatic heterocycles. The van der Waals surface area contributed by atoms with Crippen molar-refractivity contribution < 1.29 is 27.2 Å². The number of hydrogen-bond acceptors (Lipinski definition) is 2. The Hall–Kier alpha value is -2.90. The van der Waals surface area contributed by atoms with Gasteiger partial charge in [-0.2, -0.15) is 13.2 Å². The number of benzene rings is 2. The fourth-order valence-corrected chi connectivity index (χ4v) is 2.15. The molecule has 0 atom stereocenters. The van der Waals surface area contributed by atoms with E-state index in [0.717, 1.165) is 24.3 Å². The lowest BCUT2D eigenvalue weighted by molar-refractivity contribution is -0.137. The molecule has 0 aliphatic rings. The molecule has 0 unspecified atom stereocenters. The first-order chi connectivity index (χ1) is 12.2. The molecule has 8 heteroatoms. The Morgan fingerprint density at radius 2 is 1.65 bits per heavy atom. The van der Waals surface area contributed by atoms with Gasteiger partial charge in [-0.05, 0) is 48.4 Å². The van der Waals surface area contributed by atoms with E-state index in [1.807, 2.05) is 0 Å². The maximum Gasteiger partial charge on any atom is 0.416 e. The lowest BCUT2D eigenvalue weighted by atomic mass is 10.1. The van der Waals surface area contributed by atoms with Crippen LogP contribution in [0.4, 0.5) is 17.6 Å². The number of hydrogen-bond donors (Lipinski definition) is 2. The van der Waals surface area contributed by atoms with Gasteiger partial charge < -0.3 is 10.6 Å². The Kier molecular flexibility index (Phi) is 5.97. The number of aryl methyl sites for hydroxylation is 1. The monoisotopic (exact) mass is 368 g/mol. The lowest BCUT2D eigenvalue weighted by Gasteiger charge is -2.09. The van der Waals surface area contributed by atoms with Gasteiger partial charge in [0, 0.05) is 12.1 Å². The molecule has 0 radical (unpaired) electrons. The third-order valence-corrected chi connectivity index (χ3v) is 3.60.